The van der Waals surface area contributed by atoms with Crippen LogP contribution < -0.4 is 5.32 Å². The van der Waals surface area contributed by atoms with Gasteiger partial charge < -0.3 is 14.8 Å². The lowest BCUT2D eigenvalue weighted by atomic mass is 10.0. The lowest BCUT2D eigenvalue weighted by molar-refractivity contribution is -0.179. The molecule has 28 heavy (non-hydrogen) atoms. The second-order valence-corrected chi connectivity index (χ2v) is 9.32. The zero-order valence-corrected chi connectivity index (χ0v) is 17.9. The lowest BCUT2D eigenvalue weighted by Gasteiger charge is -2.42. The second kappa shape index (κ2) is 8.95. The molecule has 3 heterocycles. The number of ether oxygens (including phenoxy) is 2. The highest BCUT2D eigenvalue weighted by atomic mass is 35.5. The molecule has 0 bridgehead atoms. The first-order valence-corrected chi connectivity index (χ1v) is 11.3. The van der Waals surface area contributed by atoms with E-state index in [9.17, 15) is 8.42 Å². The van der Waals surface area contributed by atoms with Crippen LogP contribution in [0.3, 0.4) is 0 Å². The van der Waals surface area contributed by atoms with Gasteiger partial charge in [0.2, 0.25) is 0 Å². The summed E-state index contributed by atoms with van der Waals surface area (Å²) in [5.41, 5.74) is 2.30. The molecule has 0 aliphatic carbocycles. The van der Waals surface area contributed by atoms with Crippen LogP contribution in [0.15, 0.2) is 24.3 Å². The molecular weight excluding hydrogens is 402 g/mol. The van der Waals surface area contributed by atoms with Crippen molar-refractivity contribution >= 4 is 22.6 Å². The highest BCUT2D eigenvalue weighted by molar-refractivity contribution is 7.86. The fourth-order valence-corrected chi connectivity index (χ4v) is 5.99. The topological polar surface area (TPSA) is 71.1 Å². The number of piperazine rings is 1. The van der Waals surface area contributed by atoms with Gasteiger partial charge in [-0.3, -0.25) is 0 Å². The number of aryl methyl sites for hydroxylation is 1. The molecule has 3 saturated heterocycles. The molecule has 158 valence electrons. The molecule has 1 aromatic carbocycles. The van der Waals surface area contributed by atoms with Crippen molar-refractivity contribution in [2.75, 3.05) is 45.9 Å². The van der Waals surface area contributed by atoms with Gasteiger partial charge in [0.05, 0.1) is 19.3 Å². The van der Waals surface area contributed by atoms with E-state index in [0.29, 0.717) is 58.8 Å². The number of halogens is 1. The molecule has 1 atom stereocenters. The second-order valence-electron chi connectivity index (χ2n) is 7.44. The molecule has 3 aliphatic heterocycles. The summed E-state index contributed by atoms with van der Waals surface area (Å²) in [6.07, 6.45) is 2.16. The Morgan fingerprint density at radius 2 is 1.75 bits per heavy atom. The van der Waals surface area contributed by atoms with Gasteiger partial charge >= 0.3 is 0 Å². The van der Waals surface area contributed by atoms with Crippen molar-refractivity contribution in [3.05, 3.63) is 35.4 Å². The lowest BCUT2D eigenvalue weighted by Crippen LogP contribution is -2.56. The van der Waals surface area contributed by atoms with Crippen LogP contribution in [0.5, 0.6) is 0 Å². The average molecular weight is 432 g/mol. The predicted octanol–water partition coefficient (Wildman–Crippen LogP) is 1.70. The molecule has 9 heteroatoms. The number of hydrogen-bond donors (Lipinski definition) is 1. The van der Waals surface area contributed by atoms with E-state index in [1.807, 2.05) is 0 Å². The van der Waals surface area contributed by atoms with Crippen LogP contribution >= 0.6 is 12.4 Å². The van der Waals surface area contributed by atoms with E-state index in [4.69, 9.17) is 9.47 Å². The van der Waals surface area contributed by atoms with Gasteiger partial charge in [0.25, 0.3) is 10.2 Å². The van der Waals surface area contributed by atoms with E-state index in [-0.39, 0.29) is 18.4 Å². The third-order valence-corrected chi connectivity index (χ3v) is 7.93. The van der Waals surface area contributed by atoms with Crippen LogP contribution in [0.2, 0.25) is 0 Å². The zero-order chi connectivity index (χ0) is 18.9. The monoisotopic (exact) mass is 431 g/mol. The average Bonchev–Trinajstić information content (AvgIpc) is 3.16. The van der Waals surface area contributed by atoms with Gasteiger partial charge in [0.15, 0.2) is 5.79 Å². The Balaban J connectivity index is 0.00000225. The standard InChI is InChI=1S/C19H29N3O4S.ClH/c1-2-16-3-5-17(6-4-16)18-15-20-9-12-22(18)27(23,24)21-10-7-19(8-11-21)25-13-14-26-19;/h3-6,18,20H,2,7-15H2,1H3;1H. The molecule has 3 aliphatic rings. The maximum absolute atomic E-state index is 13.4. The van der Waals surface area contributed by atoms with Crippen LogP contribution in [-0.2, 0) is 26.1 Å². The summed E-state index contributed by atoms with van der Waals surface area (Å²) in [4.78, 5) is 0. The van der Waals surface area contributed by atoms with Crippen molar-refractivity contribution in [2.45, 2.75) is 38.0 Å². The third kappa shape index (κ3) is 4.23. The molecule has 1 spiro atoms. The summed E-state index contributed by atoms with van der Waals surface area (Å²) >= 11 is 0. The van der Waals surface area contributed by atoms with Crippen molar-refractivity contribution in [2.24, 2.45) is 0 Å². The van der Waals surface area contributed by atoms with Gasteiger partial charge in [-0.2, -0.15) is 17.0 Å². The smallest absolute Gasteiger partial charge is 0.282 e. The van der Waals surface area contributed by atoms with Crippen molar-refractivity contribution in [1.29, 1.82) is 0 Å². The Bertz CT molecular complexity index is 743. The molecule has 0 amide bonds. The fraction of sp³-hybridized carbons (Fsp3) is 0.684. The van der Waals surface area contributed by atoms with Gasteiger partial charge in [-0.15, -0.1) is 12.4 Å². The predicted molar refractivity (Wildman–Crippen MR) is 110 cm³/mol. The summed E-state index contributed by atoms with van der Waals surface area (Å²) in [5.74, 6) is -0.565. The Kier molecular flexibility index (Phi) is 7.02. The Labute approximate surface area is 174 Å². The first-order chi connectivity index (χ1) is 13.0. The first-order valence-electron chi connectivity index (χ1n) is 9.88. The molecule has 7 nitrogen and oxygen atoms in total. The summed E-state index contributed by atoms with van der Waals surface area (Å²) < 4.78 is 41.5. The fourth-order valence-electron chi connectivity index (χ4n) is 4.21. The van der Waals surface area contributed by atoms with Crippen LogP contribution in [0.4, 0.5) is 0 Å². The van der Waals surface area contributed by atoms with Gasteiger partial charge in [0.1, 0.15) is 0 Å². The van der Waals surface area contributed by atoms with Gasteiger partial charge in [-0.05, 0) is 17.5 Å². The Morgan fingerprint density at radius 1 is 1.11 bits per heavy atom. The normalized spacial score (nSPS) is 26.2. The van der Waals surface area contributed by atoms with Crippen molar-refractivity contribution < 1.29 is 17.9 Å². The van der Waals surface area contributed by atoms with Crippen LogP contribution in [0.25, 0.3) is 0 Å². The number of hydrogen-bond acceptors (Lipinski definition) is 5. The zero-order valence-electron chi connectivity index (χ0n) is 16.3. The molecule has 0 saturated carbocycles. The number of nitrogens with one attached hydrogen (secondary N) is 1. The van der Waals surface area contributed by atoms with E-state index in [1.54, 1.807) is 8.61 Å². The summed E-state index contributed by atoms with van der Waals surface area (Å²) in [6, 6.07) is 8.13. The molecule has 3 fully saturated rings. The summed E-state index contributed by atoms with van der Waals surface area (Å²) in [7, 11) is -3.53. The minimum absolute atomic E-state index is 0. The van der Waals surface area contributed by atoms with Gasteiger partial charge in [0, 0.05) is 45.6 Å². The number of rotatable bonds is 4. The quantitative estimate of drug-likeness (QED) is 0.785. The Hall–Kier alpha value is -0.740. The van der Waals surface area contributed by atoms with E-state index < -0.39 is 16.0 Å². The van der Waals surface area contributed by atoms with E-state index in [0.717, 1.165) is 12.0 Å². The van der Waals surface area contributed by atoms with Crippen LogP contribution in [0.1, 0.15) is 36.9 Å². The minimum Gasteiger partial charge on any atom is -0.347 e. The molecule has 4 rings (SSSR count). The third-order valence-electron chi connectivity index (χ3n) is 5.89. The van der Waals surface area contributed by atoms with Gasteiger partial charge in [-0.25, -0.2) is 0 Å². The number of nitrogens with zero attached hydrogens (tertiary/aromatic N) is 2. The van der Waals surface area contributed by atoms with Crippen molar-refractivity contribution in [1.82, 2.24) is 13.9 Å². The van der Waals surface area contributed by atoms with Crippen LogP contribution in [0, 0.1) is 0 Å². The SMILES string of the molecule is CCc1ccc(C2CNCCN2S(=O)(=O)N2CCC3(CC2)OCCO3)cc1.Cl. The number of benzene rings is 1. The highest BCUT2D eigenvalue weighted by Gasteiger charge is 2.45. The summed E-state index contributed by atoms with van der Waals surface area (Å²) in [6.45, 7) is 5.98. The maximum Gasteiger partial charge on any atom is 0.282 e. The summed E-state index contributed by atoms with van der Waals surface area (Å²) in [5, 5.41) is 3.34. The van der Waals surface area contributed by atoms with Gasteiger partial charge in [-0.1, -0.05) is 31.2 Å². The highest BCUT2D eigenvalue weighted by Crippen LogP contribution is 2.34. The van der Waals surface area contributed by atoms with E-state index in [2.05, 4.69) is 36.5 Å². The molecule has 0 radical (unpaired) electrons. The number of piperidine rings is 1. The first kappa shape index (κ1) is 22.0. The van der Waals surface area contributed by atoms with E-state index in [1.165, 1.54) is 5.56 Å². The minimum atomic E-state index is -3.53. The van der Waals surface area contributed by atoms with Crippen LogP contribution in [-0.4, -0.2) is 68.8 Å². The van der Waals surface area contributed by atoms with E-state index >= 15 is 0 Å². The largest absolute Gasteiger partial charge is 0.347 e. The Morgan fingerprint density at radius 3 is 2.36 bits per heavy atom. The molecule has 1 N–H and O–H groups in total. The molecule has 0 aromatic heterocycles. The maximum atomic E-state index is 13.4. The van der Waals surface area contributed by atoms with Crippen molar-refractivity contribution in [3.8, 4) is 0 Å². The molecule has 1 aromatic rings. The molecular formula is C19H30ClN3O4S. The molecule has 1 unspecified atom stereocenters. The van der Waals surface area contributed by atoms with Crippen molar-refractivity contribution in [3.63, 3.8) is 0 Å².